The van der Waals surface area contributed by atoms with Crippen molar-refractivity contribution >= 4 is 28.8 Å². The average Bonchev–Trinajstić information content (AvgIpc) is 3.44. The third-order valence-electron chi connectivity index (χ3n) is 14.6. The summed E-state index contributed by atoms with van der Waals surface area (Å²) in [6.45, 7) is 0. The van der Waals surface area contributed by atoms with Crippen molar-refractivity contribution < 1.29 is 0 Å². The van der Waals surface area contributed by atoms with Gasteiger partial charge in [0, 0.05) is 28.5 Å². The SMILES string of the molecule is c1ccc(-c2cccc([Si](c3ccccc3)(c3cccc(-c4ccccc4)c3)c3cccc4c3C3c5ccccc5C4c4cccc(-c5cc(-c6ccccc6)nc(-c6ccccc6)n5)c43)c2)cc1. The number of hydrogen-bond acceptors (Lipinski definition) is 2. The first-order chi connectivity index (χ1) is 34.2. The van der Waals surface area contributed by atoms with Crippen LogP contribution >= 0.6 is 0 Å². The summed E-state index contributed by atoms with van der Waals surface area (Å²) in [5.74, 6) is 0.692. The molecule has 0 aliphatic heterocycles. The number of benzene rings is 10. The molecule has 69 heavy (non-hydrogen) atoms. The Hall–Kier alpha value is -8.50. The molecule has 0 amide bonds. The zero-order valence-electron chi connectivity index (χ0n) is 38.0. The third-order valence-corrected chi connectivity index (χ3v) is 19.4. The molecule has 3 aliphatic rings. The molecule has 11 aromatic rings. The highest BCUT2D eigenvalue weighted by Gasteiger charge is 2.50. The Morgan fingerprint density at radius 1 is 0.275 bits per heavy atom. The summed E-state index contributed by atoms with van der Waals surface area (Å²) in [5, 5.41) is 5.48. The summed E-state index contributed by atoms with van der Waals surface area (Å²) in [7, 11) is -3.22. The lowest BCUT2D eigenvalue weighted by atomic mass is 9.60. The van der Waals surface area contributed by atoms with E-state index in [0.29, 0.717) is 0 Å². The molecule has 2 bridgehead atoms. The summed E-state index contributed by atoms with van der Waals surface area (Å²) in [6, 6.07) is 98.8. The van der Waals surface area contributed by atoms with Gasteiger partial charge in [0.1, 0.15) is 0 Å². The molecule has 1 aromatic heterocycles. The Morgan fingerprint density at radius 3 is 1.29 bits per heavy atom. The van der Waals surface area contributed by atoms with E-state index in [2.05, 4.69) is 267 Å². The van der Waals surface area contributed by atoms with Crippen LogP contribution < -0.4 is 20.7 Å². The molecule has 0 spiro atoms. The summed E-state index contributed by atoms with van der Waals surface area (Å²) >= 11 is 0. The van der Waals surface area contributed by atoms with E-state index in [4.69, 9.17) is 9.97 Å². The van der Waals surface area contributed by atoms with Crippen LogP contribution in [0.2, 0.25) is 0 Å². The van der Waals surface area contributed by atoms with Crippen LogP contribution in [-0.4, -0.2) is 18.0 Å². The lowest BCUT2D eigenvalue weighted by Crippen LogP contribution is -2.75. The summed E-state index contributed by atoms with van der Waals surface area (Å²) in [6.07, 6.45) is 0. The highest BCUT2D eigenvalue weighted by molar-refractivity contribution is 7.20. The van der Waals surface area contributed by atoms with Gasteiger partial charge in [0.05, 0.1) is 11.4 Å². The highest BCUT2D eigenvalue weighted by atomic mass is 28.3. The zero-order valence-corrected chi connectivity index (χ0v) is 39.0. The van der Waals surface area contributed by atoms with Gasteiger partial charge in [0.15, 0.2) is 13.9 Å². The van der Waals surface area contributed by atoms with E-state index in [-0.39, 0.29) is 11.8 Å². The molecule has 0 fully saturated rings. The van der Waals surface area contributed by atoms with Crippen LogP contribution in [0.1, 0.15) is 45.2 Å². The van der Waals surface area contributed by atoms with Crippen molar-refractivity contribution in [2.45, 2.75) is 11.8 Å². The Bertz CT molecular complexity index is 3530. The Labute approximate surface area is 405 Å². The molecule has 2 atom stereocenters. The van der Waals surface area contributed by atoms with Crippen LogP contribution in [0.4, 0.5) is 0 Å². The van der Waals surface area contributed by atoms with Crippen LogP contribution in [0.5, 0.6) is 0 Å². The second kappa shape index (κ2) is 17.0. The predicted octanol–water partition coefficient (Wildman–Crippen LogP) is 13.2. The molecule has 3 heteroatoms. The second-order valence-corrected chi connectivity index (χ2v) is 22.1. The minimum Gasteiger partial charge on any atom is -0.228 e. The average molecular weight is 895 g/mol. The number of rotatable bonds is 9. The molecule has 10 aromatic carbocycles. The van der Waals surface area contributed by atoms with Gasteiger partial charge < -0.3 is 0 Å². The van der Waals surface area contributed by atoms with Gasteiger partial charge in [-0.15, -0.1) is 0 Å². The standard InChI is InChI=1S/C66H46N2Si/c1-6-22-45(23-7-1)49-30-18-34-52(42-49)69(51-32-14-5-15-33-51,53-35-19-31-50(43-53)46-24-8-2-9-25-46)61-41-21-40-58-62-54-36-16-17-37-55(54)65(64(58)61)63-56(38-20-39-57(62)63)60-44-59(47-26-10-3-11-27-47)67-66(68-60)48-28-12-4-13-29-48/h1-44,62,65H. The molecule has 1 heterocycles. The van der Waals surface area contributed by atoms with Crippen LogP contribution in [0, 0.1) is 0 Å². The molecule has 0 N–H and O–H groups in total. The van der Waals surface area contributed by atoms with Crippen LogP contribution in [0.15, 0.2) is 267 Å². The first kappa shape index (κ1) is 40.7. The molecule has 0 saturated heterocycles. The van der Waals surface area contributed by atoms with Gasteiger partial charge in [-0.1, -0.05) is 261 Å². The fourth-order valence-electron chi connectivity index (χ4n) is 11.7. The van der Waals surface area contributed by atoms with Gasteiger partial charge in [0.25, 0.3) is 0 Å². The highest BCUT2D eigenvalue weighted by Crippen LogP contribution is 2.57. The Balaban J connectivity index is 1.12. The largest absolute Gasteiger partial charge is 0.228 e. The monoisotopic (exact) mass is 894 g/mol. The maximum atomic E-state index is 5.49. The molecule has 324 valence electrons. The Kier molecular flexibility index (Phi) is 10.0. The van der Waals surface area contributed by atoms with Crippen molar-refractivity contribution in [3.8, 4) is 56.2 Å². The van der Waals surface area contributed by atoms with E-state index in [1.165, 1.54) is 76.4 Å². The van der Waals surface area contributed by atoms with Crippen molar-refractivity contribution in [1.82, 2.24) is 9.97 Å². The molecular weight excluding hydrogens is 849 g/mol. The van der Waals surface area contributed by atoms with E-state index < -0.39 is 8.07 Å². The van der Waals surface area contributed by atoms with Gasteiger partial charge in [-0.25, -0.2) is 9.97 Å². The molecule has 2 nitrogen and oxygen atoms in total. The fraction of sp³-hybridized carbons (Fsp3) is 0.0303. The third kappa shape index (κ3) is 6.77. The molecule has 0 saturated carbocycles. The second-order valence-electron chi connectivity index (χ2n) is 18.3. The summed E-state index contributed by atoms with van der Waals surface area (Å²) in [5.41, 5.74) is 18.2. The van der Waals surface area contributed by atoms with E-state index >= 15 is 0 Å². The van der Waals surface area contributed by atoms with Crippen LogP contribution in [0.25, 0.3) is 56.2 Å². The molecule has 3 aliphatic carbocycles. The van der Waals surface area contributed by atoms with E-state index in [9.17, 15) is 0 Å². The van der Waals surface area contributed by atoms with Crippen molar-refractivity contribution in [3.05, 3.63) is 300 Å². The van der Waals surface area contributed by atoms with E-state index in [0.717, 1.165) is 33.9 Å². The van der Waals surface area contributed by atoms with E-state index in [1.807, 2.05) is 0 Å². The van der Waals surface area contributed by atoms with Crippen molar-refractivity contribution in [3.63, 3.8) is 0 Å². The van der Waals surface area contributed by atoms with Gasteiger partial charge in [-0.3, -0.25) is 0 Å². The lowest BCUT2D eigenvalue weighted by molar-refractivity contribution is 0.759. The summed E-state index contributed by atoms with van der Waals surface area (Å²) < 4.78 is 0. The number of nitrogens with zero attached hydrogens (tertiary/aromatic N) is 2. The lowest BCUT2D eigenvalue weighted by Gasteiger charge is -2.47. The van der Waals surface area contributed by atoms with Crippen molar-refractivity contribution in [1.29, 1.82) is 0 Å². The molecule has 2 unspecified atom stereocenters. The molecular formula is C66H46N2Si. The van der Waals surface area contributed by atoms with E-state index in [1.54, 1.807) is 0 Å². The Morgan fingerprint density at radius 2 is 0.696 bits per heavy atom. The minimum atomic E-state index is -3.22. The molecule has 14 rings (SSSR count). The smallest absolute Gasteiger partial charge is 0.179 e. The van der Waals surface area contributed by atoms with Crippen LogP contribution in [0.3, 0.4) is 0 Å². The van der Waals surface area contributed by atoms with Crippen molar-refractivity contribution in [2.24, 2.45) is 0 Å². The molecule has 0 radical (unpaired) electrons. The maximum absolute atomic E-state index is 5.49. The fourth-order valence-corrected chi connectivity index (χ4v) is 16.8. The summed E-state index contributed by atoms with van der Waals surface area (Å²) in [4.78, 5) is 10.7. The normalized spacial score (nSPS) is 14.4. The van der Waals surface area contributed by atoms with Gasteiger partial charge in [-0.2, -0.15) is 0 Å². The maximum Gasteiger partial charge on any atom is 0.179 e. The van der Waals surface area contributed by atoms with Gasteiger partial charge in [-0.05, 0) is 82.4 Å². The first-order valence-electron chi connectivity index (χ1n) is 24.0. The number of hydrogen-bond donors (Lipinski definition) is 0. The van der Waals surface area contributed by atoms with Gasteiger partial charge >= 0.3 is 0 Å². The zero-order chi connectivity index (χ0) is 45.7. The quantitative estimate of drug-likeness (QED) is 0.107. The van der Waals surface area contributed by atoms with Gasteiger partial charge in [0.2, 0.25) is 0 Å². The predicted molar refractivity (Wildman–Crippen MR) is 288 cm³/mol. The number of aromatic nitrogens is 2. The topological polar surface area (TPSA) is 25.8 Å². The van der Waals surface area contributed by atoms with Crippen LogP contribution in [-0.2, 0) is 0 Å². The minimum absolute atomic E-state index is 0.0360. The van der Waals surface area contributed by atoms with Crippen molar-refractivity contribution in [2.75, 3.05) is 0 Å². The first-order valence-corrected chi connectivity index (χ1v) is 26.0.